The second kappa shape index (κ2) is 5.35. The molecule has 0 aliphatic rings. The molecule has 0 bridgehead atoms. The Morgan fingerprint density at radius 3 is 2.53 bits per heavy atom. The highest BCUT2D eigenvalue weighted by Gasteiger charge is 2.20. The molecular formula is C13H15ClN2O2S. The van der Waals surface area contributed by atoms with E-state index in [4.69, 9.17) is 11.6 Å². The fourth-order valence-corrected chi connectivity index (χ4v) is 3.20. The van der Waals surface area contributed by atoms with Gasteiger partial charge >= 0.3 is 5.69 Å². The Bertz CT molecular complexity index is 686. The largest absolute Gasteiger partial charge is 0.330 e. The molecule has 2 rings (SSSR count). The lowest BCUT2D eigenvalue weighted by Gasteiger charge is -2.15. The van der Waals surface area contributed by atoms with Crippen molar-refractivity contribution < 1.29 is 0 Å². The van der Waals surface area contributed by atoms with Gasteiger partial charge in [-0.05, 0) is 24.3 Å². The minimum Gasteiger partial charge on any atom is -0.297 e. The highest BCUT2D eigenvalue weighted by Crippen LogP contribution is 2.22. The lowest BCUT2D eigenvalue weighted by molar-refractivity contribution is 0.574. The number of halogens is 1. The Hall–Kier alpha value is -1.33. The molecule has 0 spiro atoms. The molecule has 1 unspecified atom stereocenters. The summed E-state index contributed by atoms with van der Waals surface area (Å²) in [5.74, 6) is -0.0429. The molecule has 0 fully saturated rings. The first-order valence-corrected chi connectivity index (χ1v) is 7.26. The van der Waals surface area contributed by atoms with Crippen molar-refractivity contribution in [2.45, 2.75) is 32.7 Å². The van der Waals surface area contributed by atoms with Crippen LogP contribution in [0.15, 0.2) is 27.1 Å². The molecular weight excluding hydrogens is 284 g/mol. The quantitative estimate of drug-likeness (QED) is 0.886. The van der Waals surface area contributed by atoms with Crippen LogP contribution in [-0.2, 0) is 0 Å². The molecule has 102 valence electrons. The zero-order valence-corrected chi connectivity index (χ0v) is 12.5. The number of nitrogens with zero attached hydrogens (tertiary/aromatic N) is 1. The number of nitrogens with one attached hydrogen (secondary N) is 1. The third-order valence-corrected chi connectivity index (χ3v) is 4.38. The van der Waals surface area contributed by atoms with Crippen LogP contribution in [0.2, 0.25) is 5.15 Å². The average molecular weight is 299 g/mol. The van der Waals surface area contributed by atoms with Crippen molar-refractivity contribution in [3.63, 3.8) is 0 Å². The average Bonchev–Trinajstić information content (AvgIpc) is 2.80. The summed E-state index contributed by atoms with van der Waals surface area (Å²) < 4.78 is 1.23. The second-order valence-corrected chi connectivity index (χ2v) is 6.04. The maximum atomic E-state index is 12.5. The monoisotopic (exact) mass is 298 g/mol. The third-order valence-electron chi connectivity index (χ3n) is 3.04. The van der Waals surface area contributed by atoms with Crippen LogP contribution in [0.5, 0.6) is 0 Å². The van der Waals surface area contributed by atoms with Crippen molar-refractivity contribution in [3.8, 4) is 0 Å². The van der Waals surface area contributed by atoms with E-state index in [0.717, 1.165) is 4.88 Å². The number of aromatic amines is 1. The number of hydrogen-bond acceptors (Lipinski definition) is 3. The van der Waals surface area contributed by atoms with E-state index in [1.54, 1.807) is 0 Å². The molecule has 19 heavy (non-hydrogen) atoms. The molecule has 0 saturated heterocycles. The van der Waals surface area contributed by atoms with Crippen molar-refractivity contribution in [1.29, 1.82) is 0 Å². The topological polar surface area (TPSA) is 54.9 Å². The molecule has 2 aromatic heterocycles. The Morgan fingerprint density at radius 1 is 1.32 bits per heavy atom. The van der Waals surface area contributed by atoms with Crippen LogP contribution >= 0.6 is 22.9 Å². The SMILES string of the molecule is CC(C)c1c(Cl)[nH]c(=O)n(C(C)c2cccs2)c1=O. The first-order valence-electron chi connectivity index (χ1n) is 6.01. The maximum Gasteiger partial charge on any atom is 0.330 e. The van der Waals surface area contributed by atoms with E-state index in [1.165, 1.54) is 15.9 Å². The summed E-state index contributed by atoms with van der Waals surface area (Å²) in [5.41, 5.74) is -0.338. The van der Waals surface area contributed by atoms with Crippen LogP contribution in [0, 0.1) is 0 Å². The van der Waals surface area contributed by atoms with Gasteiger partial charge in [0, 0.05) is 4.88 Å². The fourth-order valence-electron chi connectivity index (χ4n) is 2.05. The smallest absolute Gasteiger partial charge is 0.297 e. The van der Waals surface area contributed by atoms with Crippen LogP contribution in [0.3, 0.4) is 0 Å². The van der Waals surface area contributed by atoms with E-state index in [0.29, 0.717) is 5.56 Å². The minimum atomic E-state index is -0.472. The van der Waals surface area contributed by atoms with Gasteiger partial charge in [0.25, 0.3) is 5.56 Å². The van der Waals surface area contributed by atoms with Gasteiger partial charge in [-0.3, -0.25) is 14.3 Å². The summed E-state index contributed by atoms with van der Waals surface area (Å²) in [6, 6.07) is 3.51. The van der Waals surface area contributed by atoms with Crippen LogP contribution in [-0.4, -0.2) is 9.55 Å². The van der Waals surface area contributed by atoms with Crippen LogP contribution in [0.4, 0.5) is 0 Å². The Balaban J connectivity index is 2.68. The molecule has 0 saturated carbocycles. The Kier molecular flexibility index (Phi) is 3.96. The third kappa shape index (κ3) is 2.53. The molecule has 0 aromatic carbocycles. The van der Waals surface area contributed by atoms with Gasteiger partial charge < -0.3 is 0 Å². The van der Waals surface area contributed by atoms with Gasteiger partial charge in [0.05, 0.1) is 11.6 Å². The predicted octanol–water partition coefficient (Wildman–Crippen LogP) is 2.98. The van der Waals surface area contributed by atoms with E-state index >= 15 is 0 Å². The second-order valence-electron chi connectivity index (χ2n) is 4.68. The van der Waals surface area contributed by atoms with Gasteiger partial charge in [-0.1, -0.05) is 31.5 Å². The Labute approximate surface area is 119 Å². The molecule has 1 N–H and O–H groups in total. The number of hydrogen-bond donors (Lipinski definition) is 1. The zero-order chi connectivity index (χ0) is 14.2. The van der Waals surface area contributed by atoms with Gasteiger partial charge in [-0.15, -0.1) is 11.3 Å². The molecule has 0 aliphatic heterocycles. The summed E-state index contributed by atoms with van der Waals surface area (Å²) >= 11 is 7.48. The molecule has 2 heterocycles. The van der Waals surface area contributed by atoms with Crippen LogP contribution in [0.25, 0.3) is 0 Å². The predicted molar refractivity (Wildman–Crippen MR) is 78.6 cm³/mol. The maximum absolute atomic E-state index is 12.5. The van der Waals surface area contributed by atoms with Gasteiger partial charge in [-0.25, -0.2) is 4.79 Å². The Morgan fingerprint density at radius 2 is 2.00 bits per heavy atom. The standard InChI is InChI=1S/C13H15ClN2O2S/c1-7(2)10-11(14)15-13(18)16(12(10)17)8(3)9-5-4-6-19-9/h4-8H,1-3H3,(H,15,18). The minimum absolute atomic E-state index is 0.0429. The highest BCUT2D eigenvalue weighted by atomic mass is 35.5. The van der Waals surface area contributed by atoms with Crippen molar-refractivity contribution in [3.05, 3.63) is 53.9 Å². The van der Waals surface area contributed by atoms with E-state index in [9.17, 15) is 9.59 Å². The normalized spacial score (nSPS) is 12.9. The number of rotatable bonds is 3. The molecule has 2 aromatic rings. The lowest BCUT2D eigenvalue weighted by atomic mass is 10.1. The summed E-state index contributed by atoms with van der Waals surface area (Å²) in [5, 5.41) is 2.06. The molecule has 0 radical (unpaired) electrons. The number of aromatic nitrogens is 2. The van der Waals surface area contributed by atoms with E-state index < -0.39 is 5.69 Å². The van der Waals surface area contributed by atoms with Gasteiger partial charge in [0.15, 0.2) is 0 Å². The lowest BCUT2D eigenvalue weighted by Crippen LogP contribution is -2.39. The fraction of sp³-hybridized carbons (Fsp3) is 0.385. The number of H-pyrrole nitrogens is 1. The zero-order valence-electron chi connectivity index (χ0n) is 10.9. The first kappa shape index (κ1) is 14.1. The van der Waals surface area contributed by atoms with E-state index in [-0.39, 0.29) is 22.7 Å². The highest BCUT2D eigenvalue weighted by molar-refractivity contribution is 7.10. The summed E-state index contributed by atoms with van der Waals surface area (Å²) in [6.07, 6.45) is 0. The molecule has 4 nitrogen and oxygen atoms in total. The number of thiophene rings is 1. The molecule has 0 amide bonds. The van der Waals surface area contributed by atoms with Crippen molar-refractivity contribution in [1.82, 2.24) is 9.55 Å². The molecule has 0 aliphatic carbocycles. The van der Waals surface area contributed by atoms with Crippen LogP contribution in [0.1, 0.15) is 43.2 Å². The summed E-state index contributed by atoms with van der Waals surface area (Å²) in [6.45, 7) is 5.59. The summed E-state index contributed by atoms with van der Waals surface area (Å²) in [4.78, 5) is 28.0. The van der Waals surface area contributed by atoms with Gasteiger partial charge in [0.1, 0.15) is 5.15 Å². The van der Waals surface area contributed by atoms with E-state index in [1.807, 2.05) is 38.3 Å². The van der Waals surface area contributed by atoms with Crippen molar-refractivity contribution >= 4 is 22.9 Å². The molecule has 1 atom stereocenters. The molecule has 6 heteroatoms. The van der Waals surface area contributed by atoms with Gasteiger partial charge in [-0.2, -0.15) is 0 Å². The van der Waals surface area contributed by atoms with Crippen molar-refractivity contribution in [2.24, 2.45) is 0 Å². The van der Waals surface area contributed by atoms with Crippen LogP contribution < -0.4 is 11.2 Å². The van der Waals surface area contributed by atoms with E-state index in [2.05, 4.69) is 4.98 Å². The first-order chi connectivity index (χ1) is 8.93. The van der Waals surface area contributed by atoms with Gasteiger partial charge in [0.2, 0.25) is 0 Å². The summed E-state index contributed by atoms with van der Waals surface area (Å²) in [7, 11) is 0. The van der Waals surface area contributed by atoms with Crippen molar-refractivity contribution in [2.75, 3.05) is 0 Å².